The number of pyridine rings is 2. The number of methoxy groups -OCH3 is 2. The van der Waals surface area contributed by atoms with Crippen molar-refractivity contribution in [1.29, 1.82) is 0 Å². The average molecular weight is 346 g/mol. The molecule has 2 rings (SSSR count). The van der Waals surface area contributed by atoms with Crippen LogP contribution in [0, 0.1) is 13.8 Å². The van der Waals surface area contributed by atoms with Gasteiger partial charge < -0.3 is 19.7 Å². The number of aryl methyl sites for hydroxylation is 2. The van der Waals surface area contributed by atoms with Crippen molar-refractivity contribution >= 4 is 11.6 Å². The van der Waals surface area contributed by atoms with Crippen LogP contribution in [0.1, 0.15) is 11.4 Å². The summed E-state index contributed by atoms with van der Waals surface area (Å²) in [6.45, 7) is 7.07. The van der Waals surface area contributed by atoms with E-state index in [9.17, 15) is 0 Å². The fourth-order valence-corrected chi connectivity index (χ4v) is 2.01. The Morgan fingerprint density at radius 1 is 0.920 bits per heavy atom. The molecule has 0 radical (unpaired) electrons. The number of nitrogens with one attached hydrogen (secondary N) is 1. The third-order valence-electron chi connectivity index (χ3n) is 3.40. The van der Waals surface area contributed by atoms with Gasteiger partial charge in [0.15, 0.2) is 0 Å². The Labute approximate surface area is 151 Å². The zero-order valence-electron chi connectivity index (χ0n) is 16.0. The molecule has 0 aliphatic heterocycles. The van der Waals surface area contributed by atoms with E-state index >= 15 is 0 Å². The Kier molecular flexibility index (Phi) is 10.2. The van der Waals surface area contributed by atoms with E-state index < -0.39 is 0 Å². The van der Waals surface area contributed by atoms with Crippen LogP contribution in [0.25, 0.3) is 0 Å². The molecule has 0 atom stereocenters. The molecule has 6 heteroatoms. The number of hydrogen-bond acceptors (Lipinski definition) is 6. The van der Waals surface area contributed by atoms with Crippen molar-refractivity contribution in [2.75, 3.05) is 57.8 Å². The molecule has 1 N–H and O–H groups in total. The number of likely N-dealkylation sites (N-methyl/N-ethyl adjacent to an activating group) is 1. The lowest BCUT2D eigenvalue weighted by atomic mass is 10.3. The lowest BCUT2D eigenvalue weighted by Gasteiger charge is -2.17. The number of aromatic nitrogens is 2. The number of hydrogen-bond donors (Lipinski definition) is 1. The number of ether oxygens (including phenoxy) is 2. The standard InChI is InChI=1S/C10H16N2O.C9H14N2O/c1-9-5-4-6-10(11-9)12(2)7-8-13-3;1-8-4-3-5-9(11-8)10-6-7-12-2/h4-6H,7-8H2,1-3H3;3-5H,6-7H2,1-2H3,(H,10,11). The Morgan fingerprint density at radius 2 is 1.56 bits per heavy atom. The minimum atomic E-state index is 0.704. The summed E-state index contributed by atoms with van der Waals surface area (Å²) in [5, 5.41) is 3.15. The third-order valence-corrected chi connectivity index (χ3v) is 3.40. The lowest BCUT2D eigenvalue weighted by Crippen LogP contribution is -2.23. The second-order valence-electron chi connectivity index (χ2n) is 5.64. The molecule has 0 spiro atoms. The third kappa shape index (κ3) is 9.02. The first-order valence-electron chi connectivity index (χ1n) is 8.37. The summed E-state index contributed by atoms with van der Waals surface area (Å²) < 4.78 is 9.90. The van der Waals surface area contributed by atoms with Crippen LogP contribution in [0.3, 0.4) is 0 Å². The van der Waals surface area contributed by atoms with E-state index in [1.807, 2.05) is 57.3 Å². The molecular formula is C19H30N4O2. The van der Waals surface area contributed by atoms with E-state index in [0.717, 1.165) is 42.7 Å². The van der Waals surface area contributed by atoms with Crippen LogP contribution in [0.4, 0.5) is 11.6 Å². The quantitative estimate of drug-likeness (QED) is 0.742. The molecule has 138 valence electrons. The van der Waals surface area contributed by atoms with Gasteiger partial charge in [-0.3, -0.25) is 0 Å². The molecule has 0 aromatic carbocycles. The minimum absolute atomic E-state index is 0.704. The maximum Gasteiger partial charge on any atom is 0.128 e. The lowest BCUT2D eigenvalue weighted by molar-refractivity contribution is 0.206. The second-order valence-corrected chi connectivity index (χ2v) is 5.64. The Hall–Kier alpha value is -2.18. The van der Waals surface area contributed by atoms with Crippen LogP contribution in [0.2, 0.25) is 0 Å². The monoisotopic (exact) mass is 346 g/mol. The van der Waals surface area contributed by atoms with E-state index in [0.29, 0.717) is 6.61 Å². The molecule has 25 heavy (non-hydrogen) atoms. The van der Waals surface area contributed by atoms with Gasteiger partial charge in [-0.2, -0.15) is 0 Å². The SMILES string of the molecule is COCCN(C)c1cccc(C)n1.COCCNc1cccc(C)n1. The summed E-state index contributed by atoms with van der Waals surface area (Å²) in [6.07, 6.45) is 0. The van der Waals surface area contributed by atoms with Gasteiger partial charge >= 0.3 is 0 Å². The first-order valence-corrected chi connectivity index (χ1v) is 8.37. The molecule has 0 saturated carbocycles. The van der Waals surface area contributed by atoms with Crippen molar-refractivity contribution in [2.45, 2.75) is 13.8 Å². The zero-order valence-corrected chi connectivity index (χ0v) is 16.0. The molecule has 0 aliphatic carbocycles. The largest absolute Gasteiger partial charge is 0.383 e. The number of nitrogens with zero attached hydrogens (tertiary/aromatic N) is 3. The Balaban J connectivity index is 0.000000251. The molecule has 2 heterocycles. The summed E-state index contributed by atoms with van der Waals surface area (Å²) >= 11 is 0. The topological polar surface area (TPSA) is 59.5 Å². The smallest absolute Gasteiger partial charge is 0.128 e. The minimum Gasteiger partial charge on any atom is -0.383 e. The van der Waals surface area contributed by atoms with Crippen LogP contribution < -0.4 is 10.2 Å². The van der Waals surface area contributed by atoms with Gasteiger partial charge in [0.2, 0.25) is 0 Å². The van der Waals surface area contributed by atoms with Crippen LogP contribution in [0.5, 0.6) is 0 Å². The number of rotatable bonds is 8. The predicted octanol–water partition coefficient (Wildman–Crippen LogP) is 2.92. The highest BCUT2D eigenvalue weighted by Crippen LogP contribution is 2.08. The van der Waals surface area contributed by atoms with Crippen molar-refractivity contribution in [1.82, 2.24) is 9.97 Å². The Bertz CT molecular complexity index is 607. The molecule has 2 aromatic heterocycles. The van der Waals surface area contributed by atoms with Crippen LogP contribution in [0.15, 0.2) is 36.4 Å². The Morgan fingerprint density at radius 3 is 2.16 bits per heavy atom. The van der Waals surface area contributed by atoms with E-state index in [-0.39, 0.29) is 0 Å². The second kappa shape index (κ2) is 12.2. The molecule has 0 fully saturated rings. The predicted molar refractivity (Wildman–Crippen MR) is 103 cm³/mol. The zero-order chi connectivity index (χ0) is 18.5. The molecule has 0 unspecified atom stereocenters. The van der Waals surface area contributed by atoms with Gasteiger partial charge in [0.05, 0.1) is 13.2 Å². The normalized spacial score (nSPS) is 9.96. The van der Waals surface area contributed by atoms with Gasteiger partial charge in [-0.25, -0.2) is 9.97 Å². The van der Waals surface area contributed by atoms with Crippen molar-refractivity contribution < 1.29 is 9.47 Å². The van der Waals surface area contributed by atoms with Gasteiger partial charge in [-0.1, -0.05) is 12.1 Å². The molecular weight excluding hydrogens is 316 g/mol. The van der Waals surface area contributed by atoms with Gasteiger partial charge in [0.25, 0.3) is 0 Å². The summed E-state index contributed by atoms with van der Waals surface area (Å²) in [7, 11) is 5.41. The molecule has 0 aliphatic rings. The summed E-state index contributed by atoms with van der Waals surface area (Å²) in [5.74, 6) is 1.91. The van der Waals surface area contributed by atoms with Gasteiger partial charge in [0, 0.05) is 45.7 Å². The highest BCUT2D eigenvalue weighted by atomic mass is 16.5. The molecule has 0 amide bonds. The molecule has 0 bridgehead atoms. The van der Waals surface area contributed by atoms with Crippen molar-refractivity contribution in [3.8, 4) is 0 Å². The summed E-state index contributed by atoms with van der Waals surface area (Å²) in [4.78, 5) is 10.8. The molecule has 2 aromatic rings. The van der Waals surface area contributed by atoms with Gasteiger partial charge in [0.1, 0.15) is 11.6 Å². The van der Waals surface area contributed by atoms with Crippen molar-refractivity contribution in [3.05, 3.63) is 47.8 Å². The summed E-state index contributed by atoms with van der Waals surface area (Å²) in [6, 6.07) is 11.9. The van der Waals surface area contributed by atoms with Crippen molar-refractivity contribution in [3.63, 3.8) is 0 Å². The van der Waals surface area contributed by atoms with Crippen LogP contribution in [-0.2, 0) is 9.47 Å². The molecule has 6 nitrogen and oxygen atoms in total. The van der Waals surface area contributed by atoms with E-state index in [1.54, 1.807) is 14.2 Å². The first-order chi connectivity index (χ1) is 12.1. The highest BCUT2D eigenvalue weighted by molar-refractivity contribution is 5.37. The molecule has 0 saturated heterocycles. The fraction of sp³-hybridized carbons (Fsp3) is 0.474. The van der Waals surface area contributed by atoms with E-state index in [4.69, 9.17) is 9.47 Å². The van der Waals surface area contributed by atoms with Crippen LogP contribution >= 0.6 is 0 Å². The van der Waals surface area contributed by atoms with Crippen molar-refractivity contribution in [2.24, 2.45) is 0 Å². The number of anilines is 2. The highest BCUT2D eigenvalue weighted by Gasteiger charge is 2.00. The van der Waals surface area contributed by atoms with Crippen LogP contribution in [-0.4, -0.2) is 57.5 Å². The van der Waals surface area contributed by atoms with E-state index in [1.165, 1.54) is 0 Å². The maximum atomic E-state index is 4.99. The maximum absolute atomic E-state index is 4.99. The summed E-state index contributed by atoms with van der Waals surface area (Å²) in [5.41, 5.74) is 2.07. The average Bonchev–Trinajstić information content (AvgIpc) is 2.60. The van der Waals surface area contributed by atoms with Gasteiger partial charge in [-0.15, -0.1) is 0 Å². The first kappa shape index (κ1) is 20.9. The fourth-order valence-electron chi connectivity index (χ4n) is 2.01. The van der Waals surface area contributed by atoms with E-state index in [2.05, 4.69) is 20.2 Å². The van der Waals surface area contributed by atoms with Gasteiger partial charge in [-0.05, 0) is 38.1 Å².